The Bertz CT molecular complexity index is 1000. The summed E-state index contributed by atoms with van der Waals surface area (Å²) in [5.41, 5.74) is 1.30. The minimum atomic E-state index is -3.71. The number of halogens is 2. The lowest BCUT2D eigenvalue weighted by Gasteiger charge is -2.26. The second kappa shape index (κ2) is 9.00. The molecule has 0 saturated heterocycles. The van der Waals surface area contributed by atoms with Gasteiger partial charge >= 0.3 is 0 Å². The number of hydrogen-bond donors (Lipinski definition) is 0. The van der Waals surface area contributed by atoms with Gasteiger partial charge in [-0.2, -0.15) is 4.31 Å². The van der Waals surface area contributed by atoms with Crippen molar-refractivity contribution in [2.45, 2.75) is 38.6 Å². The van der Waals surface area contributed by atoms with Crippen molar-refractivity contribution in [3.63, 3.8) is 0 Å². The molecule has 1 amide bonds. The molecule has 0 radical (unpaired) electrons. The largest absolute Gasteiger partial charge is 0.335 e. The number of sulfonamides is 1. The lowest BCUT2D eigenvalue weighted by molar-refractivity contribution is 0.0741. The standard InChI is InChI=1S/C21H26F2N2O3S/c1-6-25(7-2)29(27,28)17-10-8-14(3)18(13-17)21(26)24(5)15(4)16-9-11-19(22)20(23)12-16/h8-13,15H,6-7H2,1-5H3. The highest BCUT2D eigenvalue weighted by Gasteiger charge is 2.26. The molecule has 1 unspecified atom stereocenters. The second-order valence-electron chi connectivity index (χ2n) is 6.83. The predicted molar refractivity (Wildman–Crippen MR) is 108 cm³/mol. The van der Waals surface area contributed by atoms with E-state index in [1.54, 1.807) is 40.8 Å². The normalized spacial score (nSPS) is 12.8. The molecule has 2 aromatic rings. The molecule has 0 bridgehead atoms. The van der Waals surface area contributed by atoms with Gasteiger partial charge in [0, 0.05) is 25.7 Å². The molecule has 0 heterocycles. The van der Waals surface area contributed by atoms with Gasteiger partial charge in [0.05, 0.1) is 10.9 Å². The Morgan fingerprint density at radius 2 is 1.66 bits per heavy atom. The Kier molecular flexibility index (Phi) is 7.13. The molecular formula is C21H26F2N2O3S. The highest BCUT2D eigenvalue weighted by molar-refractivity contribution is 7.89. The minimum absolute atomic E-state index is 0.0454. The van der Waals surface area contributed by atoms with E-state index >= 15 is 0 Å². The van der Waals surface area contributed by atoms with Crippen LogP contribution in [0.25, 0.3) is 0 Å². The lowest BCUT2D eigenvalue weighted by atomic mass is 10.0. The summed E-state index contributed by atoms with van der Waals surface area (Å²) in [5, 5.41) is 0. The zero-order chi connectivity index (χ0) is 21.9. The summed E-state index contributed by atoms with van der Waals surface area (Å²) in [5.74, 6) is -2.35. The Hall–Kier alpha value is -2.32. The zero-order valence-corrected chi connectivity index (χ0v) is 18.1. The van der Waals surface area contributed by atoms with E-state index in [0.717, 1.165) is 12.1 Å². The molecule has 0 aliphatic carbocycles. The van der Waals surface area contributed by atoms with Crippen molar-refractivity contribution in [3.8, 4) is 0 Å². The smallest absolute Gasteiger partial charge is 0.254 e. The Balaban J connectivity index is 2.40. The molecule has 1 atom stereocenters. The van der Waals surface area contributed by atoms with E-state index in [-0.39, 0.29) is 10.5 Å². The molecule has 0 aliphatic rings. The summed E-state index contributed by atoms with van der Waals surface area (Å²) in [6, 6.07) is 7.40. The van der Waals surface area contributed by atoms with Crippen LogP contribution in [0.4, 0.5) is 8.78 Å². The minimum Gasteiger partial charge on any atom is -0.335 e. The summed E-state index contributed by atoms with van der Waals surface area (Å²) >= 11 is 0. The molecule has 2 rings (SSSR count). The van der Waals surface area contributed by atoms with Crippen molar-refractivity contribution in [3.05, 3.63) is 64.7 Å². The van der Waals surface area contributed by atoms with Crippen LogP contribution in [0.2, 0.25) is 0 Å². The first-order valence-corrected chi connectivity index (χ1v) is 10.8. The van der Waals surface area contributed by atoms with E-state index in [4.69, 9.17) is 0 Å². The van der Waals surface area contributed by atoms with Crippen LogP contribution >= 0.6 is 0 Å². The number of carbonyl (C=O) groups excluding carboxylic acids is 1. The van der Waals surface area contributed by atoms with Gasteiger partial charge < -0.3 is 4.90 Å². The third-order valence-corrected chi connectivity index (χ3v) is 7.16. The van der Waals surface area contributed by atoms with Gasteiger partial charge in [-0.25, -0.2) is 17.2 Å². The number of carbonyl (C=O) groups is 1. The molecule has 0 spiro atoms. The SMILES string of the molecule is CCN(CC)S(=O)(=O)c1ccc(C)c(C(=O)N(C)C(C)c2ccc(F)c(F)c2)c1. The Morgan fingerprint density at radius 3 is 2.21 bits per heavy atom. The van der Waals surface area contributed by atoms with Crippen LogP contribution in [-0.4, -0.2) is 43.7 Å². The molecule has 29 heavy (non-hydrogen) atoms. The van der Waals surface area contributed by atoms with Gasteiger partial charge in [-0.1, -0.05) is 26.0 Å². The van der Waals surface area contributed by atoms with Gasteiger partial charge in [0.2, 0.25) is 10.0 Å². The second-order valence-corrected chi connectivity index (χ2v) is 8.77. The fourth-order valence-electron chi connectivity index (χ4n) is 3.07. The van der Waals surface area contributed by atoms with E-state index in [2.05, 4.69) is 0 Å². The van der Waals surface area contributed by atoms with Gasteiger partial charge in [0.25, 0.3) is 5.91 Å². The van der Waals surface area contributed by atoms with E-state index < -0.39 is 33.6 Å². The Labute approximate surface area is 171 Å². The predicted octanol–water partition coefficient (Wildman–Crippen LogP) is 4.14. The third kappa shape index (κ3) is 4.64. The van der Waals surface area contributed by atoms with Crippen molar-refractivity contribution in [2.75, 3.05) is 20.1 Å². The van der Waals surface area contributed by atoms with E-state index in [1.165, 1.54) is 27.4 Å². The van der Waals surface area contributed by atoms with Gasteiger partial charge in [0.1, 0.15) is 0 Å². The molecule has 8 heteroatoms. The maximum absolute atomic E-state index is 13.6. The first-order chi connectivity index (χ1) is 13.5. The number of hydrogen-bond acceptors (Lipinski definition) is 3. The van der Waals surface area contributed by atoms with Crippen molar-refractivity contribution < 1.29 is 22.0 Å². The number of amides is 1. The van der Waals surface area contributed by atoms with Gasteiger partial charge in [-0.3, -0.25) is 4.79 Å². The number of benzene rings is 2. The van der Waals surface area contributed by atoms with Gasteiger partial charge in [-0.15, -0.1) is 0 Å². The number of rotatable bonds is 7. The zero-order valence-electron chi connectivity index (χ0n) is 17.2. The summed E-state index contributed by atoms with van der Waals surface area (Å²) in [6.07, 6.45) is 0. The maximum Gasteiger partial charge on any atom is 0.254 e. The lowest BCUT2D eigenvalue weighted by Crippen LogP contribution is -2.32. The van der Waals surface area contributed by atoms with Crippen LogP contribution < -0.4 is 0 Å². The summed E-state index contributed by atoms with van der Waals surface area (Å²) in [4.78, 5) is 14.5. The fourth-order valence-corrected chi connectivity index (χ4v) is 4.55. The molecule has 0 aliphatic heterocycles. The fraction of sp³-hybridized carbons (Fsp3) is 0.381. The quantitative estimate of drug-likeness (QED) is 0.671. The average Bonchev–Trinajstić information content (AvgIpc) is 2.69. The molecule has 0 aromatic heterocycles. The monoisotopic (exact) mass is 424 g/mol. The summed E-state index contributed by atoms with van der Waals surface area (Å²) in [7, 11) is -2.17. The molecule has 5 nitrogen and oxygen atoms in total. The maximum atomic E-state index is 13.6. The average molecular weight is 425 g/mol. The molecule has 0 N–H and O–H groups in total. The van der Waals surface area contributed by atoms with Crippen LogP contribution in [0.15, 0.2) is 41.3 Å². The topological polar surface area (TPSA) is 57.7 Å². The molecule has 2 aromatic carbocycles. The van der Waals surface area contributed by atoms with Crippen LogP contribution in [0.1, 0.15) is 48.3 Å². The van der Waals surface area contributed by atoms with Crippen molar-refractivity contribution in [1.82, 2.24) is 9.21 Å². The van der Waals surface area contributed by atoms with Gasteiger partial charge in [-0.05, 0) is 49.2 Å². The Morgan fingerprint density at radius 1 is 1.03 bits per heavy atom. The van der Waals surface area contributed by atoms with Crippen LogP contribution in [-0.2, 0) is 10.0 Å². The van der Waals surface area contributed by atoms with Gasteiger partial charge in [0.15, 0.2) is 11.6 Å². The highest BCUT2D eigenvalue weighted by Crippen LogP contribution is 2.25. The molecular weight excluding hydrogens is 398 g/mol. The van der Waals surface area contributed by atoms with Crippen LogP contribution in [0, 0.1) is 18.6 Å². The van der Waals surface area contributed by atoms with Crippen LogP contribution in [0.5, 0.6) is 0 Å². The van der Waals surface area contributed by atoms with Crippen LogP contribution in [0.3, 0.4) is 0 Å². The first-order valence-electron chi connectivity index (χ1n) is 9.37. The van der Waals surface area contributed by atoms with Crippen molar-refractivity contribution in [1.29, 1.82) is 0 Å². The van der Waals surface area contributed by atoms with E-state index in [0.29, 0.717) is 24.2 Å². The summed E-state index contributed by atoms with van der Waals surface area (Å²) < 4.78 is 53.7. The summed E-state index contributed by atoms with van der Waals surface area (Å²) in [6.45, 7) is 7.55. The molecule has 158 valence electrons. The third-order valence-electron chi connectivity index (χ3n) is 5.11. The first kappa shape index (κ1) is 23.0. The highest BCUT2D eigenvalue weighted by atomic mass is 32.2. The molecule has 0 saturated carbocycles. The van der Waals surface area contributed by atoms with Crippen molar-refractivity contribution in [2.24, 2.45) is 0 Å². The number of nitrogens with zero attached hydrogens (tertiary/aromatic N) is 2. The van der Waals surface area contributed by atoms with Crippen molar-refractivity contribution >= 4 is 15.9 Å². The molecule has 0 fully saturated rings. The number of aryl methyl sites for hydroxylation is 1. The van der Waals surface area contributed by atoms with E-state index in [1.807, 2.05) is 0 Å². The van der Waals surface area contributed by atoms with E-state index in [9.17, 15) is 22.0 Å².